The molecule has 0 saturated heterocycles. The first kappa shape index (κ1) is 21.5. The topological polar surface area (TPSA) is 99.3 Å². The molecule has 1 atom stereocenters. The molecule has 0 unspecified atom stereocenters. The van der Waals surface area contributed by atoms with Crippen LogP contribution in [0.2, 0.25) is 0 Å². The lowest BCUT2D eigenvalue weighted by atomic mass is 10.0. The van der Waals surface area contributed by atoms with Crippen molar-refractivity contribution in [3.05, 3.63) is 24.3 Å². The molecule has 0 bridgehead atoms. The van der Waals surface area contributed by atoms with Crippen LogP contribution in [0.15, 0.2) is 24.3 Å². The van der Waals surface area contributed by atoms with Crippen LogP contribution in [-0.2, 0) is 9.59 Å². The molecule has 0 radical (unpaired) electrons. The summed E-state index contributed by atoms with van der Waals surface area (Å²) < 4.78 is 0. The van der Waals surface area contributed by atoms with E-state index in [1.807, 2.05) is 27.7 Å². The van der Waals surface area contributed by atoms with E-state index in [0.29, 0.717) is 30.3 Å². The van der Waals surface area contributed by atoms with E-state index in [9.17, 15) is 14.4 Å². The molecule has 0 aliphatic carbocycles. The molecule has 7 nitrogen and oxygen atoms in total. The number of benzene rings is 1. The first-order chi connectivity index (χ1) is 12.2. The highest BCUT2D eigenvalue weighted by atomic mass is 16.2. The minimum Gasteiger partial charge on any atom is -0.354 e. The molecule has 1 rings (SSSR count). The second-order valence-electron chi connectivity index (χ2n) is 7.18. The lowest BCUT2D eigenvalue weighted by Crippen LogP contribution is -2.49. The minimum atomic E-state index is -0.604. The predicted molar refractivity (Wildman–Crippen MR) is 104 cm³/mol. The maximum atomic E-state index is 12.3. The lowest BCUT2D eigenvalue weighted by molar-refractivity contribution is -0.123. The van der Waals surface area contributed by atoms with Crippen LogP contribution < -0.4 is 21.3 Å². The average molecular weight is 362 g/mol. The molecular weight excluding hydrogens is 332 g/mol. The molecule has 0 spiro atoms. The van der Waals surface area contributed by atoms with Crippen molar-refractivity contribution in [1.29, 1.82) is 0 Å². The van der Waals surface area contributed by atoms with Crippen LogP contribution in [-0.4, -0.2) is 30.4 Å². The molecule has 0 heterocycles. The van der Waals surface area contributed by atoms with Crippen LogP contribution in [0, 0.1) is 11.8 Å². The molecule has 4 N–H and O–H groups in total. The van der Waals surface area contributed by atoms with Gasteiger partial charge >= 0.3 is 6.03 Å². The first-order valence-electron chi connectivity index (χ1n) is 8.90. The van der Waals surface area contributed by atoms with Gasteiger partial charge in [-0.3, -0.25) is 9.59 Å². The Morgan fingerprint density at radius 2 is 1.58 bits per heavy atom. The largest absolute Gasteiger partial charge is 0.354 e. The molecule has 0 aromatic heterocycles. The van der Waals surface area contributed by atoms with E-state index < -0.39 is 12.1 Å². The number of hydrogen-bond acceptors (Lipinski definition) is 3. The maximum Gasteiger partial charge on any atom is 0.319 e. The van der Waals surface area contributed by atoms with Gasteiger partial charge in [-0.25, -0.2) is 4.79 Å². The number of urea groups is 1. The third kappa shape index (κ3) is 8.50. The van der Waals surface area contributed by atoms with E-state index in [-0.39, 0.29) is 17.7 Å². The van der Waals surface area contributed by atoms with Crippen molar-refractivity contribution in [2.45, 2.75) is 47.1 Å². The normalized spacial score (nSPS) is 11.8. The van der Waals surface area contributed by atoms with E-state index in [1.165, 1.54) is 6.92 Å². The van der Waals surface area contributed by atoms with Gasteiger partial charge in [-0.15, -0.1) is 0 Å². The highest BCUT2D eigenvalue weighted by Gasteiger charge is 2.22. The van der Waals surface area contributed by atoms with Crippen LogP contribution in [0.4, 0.5) is 16.2 Å². The number of nitrogens with one attached hydrogen (secondary N) is 4. The van der Waals surface area contributed by atoms with E-state index in [0.717, 1.165) is 0 Å². The summed E-state index contributed by atoms with van der Waals surface area (Å²) >= 11 is 0. The summed E-state index contributed by atoms with van der Waals surface area (Å²) in [4.78, 5) is 35.8. The molecular formula is C19H30N4O3. The molecule has 0 aliphatic heterocycles. The second kappa shape index (κ2) is 10.4. The zero-order valence-corrected chi connectivity index (χ0v) is 16.2. The van der Waals surface area contributed by atoms with Crippen LogP contribution in [0.5, 0.6) is 0 Å². The van der Waals surface area contributed by atoms with Crippen LogP contribution in [0.1, 0.15) is 41.0 Å². The Morgan fingerprint density at radius 1 is 0.962 bits per heavy atom. The van der Waals surface area contributed by atoms with E-state index in [4.69, 9.17) is 0 Å². The summed E-state index contributed by atoms with van der Waals surface area (Å²) in [6.45, 7) is 10.0. The fourth-order valence-corrected chi connectivity index (χ4v) is 2.33. The summed E-state index contributed by atoms with van der Waals surface area (Å²) in [7, 11) is 0. The summed E-state index contributed by atoms with van der Waals surface area (Å²) in [6.07, 6.45) is 0.545. The Morgan fingerprint density at radius 3 is 2.12 bits per heavy atom. The minimum absolute atomic E-state index is 0.186. The number of carbonyl (C=O) groups is 3. The monoisotopic (exact) mass is 362 g/mol. The Balaban J connectivity index is 2.71. The van der Waals surface area contributed by atoms with E-state index in [1.54, 1.807) is 24.3 Å². The highest BCUT2D eigenvalue weighted by Crippen LogP contribution is 2.15. The lowest BCUT2D eigenvalue weighted by Gasteiger charge is -2.21. The number of carbonyl (C=O) groups excluding carboxylic acids is 3. The average Bonchev–Trinajstić information content (AvgIpc) is 2.51. The maximum absolute atomic E-state index is 12.3. The van der Waals surface area contributed by atoms with Gasteiger partial charge in [0, 0.05) is 24.8 Å². The van der Waals surface area contributed by atoms with Crippen molar-refractivity contribution >= 4 is 29.2 Å². The van der Waals surface area contributed by atoms with Gasteiger partial charge in [-0.05, 0) is 36.5 Å². The Hall–Kier alpha value is -2.57. The zero-order valence-electron chi connectivity index (χ0n) is 16.2. The molecule has 144 valence electrons. The van der Waals surface area contributed by atoms with E-state index >= 15 is 0 Å². The van der Waals surface area contributed by atoms with Gasteiger partial charge in [-0.1, -0.05) is 33.8 Å². The standard InChI is InChI=1S/C19H30N4O3/c1-12(2)9-17(18(25)20-11-13(3)4)23-19(26)22-16-8-6-7-15(10-16)21-14(5)24/h6-8,10,12-13,17H,9,11H2,1-5H3,(H,20,25)(H,21,24)(H2,22,23,26)/t17-/m0/s1. The molecule has 0 fully saturated rings. The fraction of sp³-hybridized carbons (Fsp3) is 0.526. The van der Waals surface area contributed by atoms with Gasteiger partial charge in [0.1, 0.15) is 6.04 Å². The van der Waals surface area contributed by atoms with Crippen LogP contribution in [0.3, 0.4) is 0 Å². The zero-order chi connectivity index (χ0) is 19.7. The first-order valence-corrected chi connectivity index (χ1v) is 8.90. The number of rotatable bonds is 8. The summed E-state index contributed by atoms with van der Waals surface area (Å²) in [5.41, 5.74) is 1.11. The Bertz CT molecular complexity index is 629. The molecule has 0 saturated carbocycles. The summed E-state index contributed by atoms with van der Waals surface area (Å²) in [5, 5.41) is 10.9. The van der Waals surface area contributed by atoms with Gasteiger partial charge in [0.25, 0.3) is 0 Å². The van der Waals surface area contributed by atoms with Crippen LogP contribution in [0.25, 0.3) is 0 Å². The Labute approximate surface area is 155 Å². The summed E-state index contributed by atoms with van der Waals surface area (Å²) in [6, 6.07) is 5.74. The van der Waals surface area contributed by atoms with Gasteiger partial charge in [0.2, 0.25) is 11.8 Å². The fourth-order valence-electron chi connectivity index (χ4n) is 2.33. The quantitative estimate of drug-likeness (QED) is 0.572. The van der Waals surface area contributed by atoms with Crippen LogP contribution >= 0.6 is 0 Å². The Kier molecular flexibility index (Phi) is 8.61. The predicted octanol–water partition coefficient (Wildman–Crippen LogP) is 2.95. The third-order valence-corrected chi connectivity index (χ3v) is 3.45. The molecule has 7 heteroatoms. The smallest absolute Gasteiger partial charge is 0.319 e. The van der Waals surface area contributed by atoms with Crippen molar-refractivity contribution in [1.82, 2.24) is 10.6 Å². The van der Waals surface area contributed by atoms with Gasteiger partial charge < -0.3 is 21.3 Å². The summed E-state index contributed by atoms with van der Waals surface area (Å²) in [5.74, 6) is 0.220. The van der Waals surface area contributed by atoms with Crippen molar-refractivity contribution in [3.8, 4) is 0 Å². The molecule has 0 aliphatic rings. The third-order valence-electron chi connectivity index (χ3n) is 3.45. The number of hydrogen-bond donors (Lipinski definition) is 4. The number of anilines is 2. The van der Waals surface area contributed by atoms with Crippen molar-refractivity contribution in [2.24, 2.45) is 11.8 Å². The van der Waals surface area contributed by atoms with Gasteiger partial charge in [0.15, 0.2) is 0 Å². The number of amides is 4. The molecule has 1 aromatic carbocycles. The second-order valence-corrected chi connectivity index (χ2v) is 7.18. The molecule has 4 amide bonds. The van der Waals surface area contributed by atoms with Gasteiger partial charge in [0.05, 0.1) is 0 Å². The van der Waals surface area contributed by atoms with Crippen molar-refractivity contribution in [3.63, 3.8) is 0 Å². The molecule has 26 heavy (non-hydrogen) atoms. The highest BCUT2D eigenvalue weighted by molar-refractivity contribution is 5.95. The van der Waals surface area contributed by atoms with Crippen molar-refractivity contribution in [2.75, 3.05) is 17.2 Å². The van der Waals surface area contributed by atoms with E-state index in [2.05, 4.69) is 21.3 Å². The molecule has 1 aromatic rings. The van der Waals surface area contributed by atoms with Crippen molar-refractivity contribution < 1.29 is 14.4 Å². The SMILES string of the molecule is CC(=O)Nc1cccc(NC(=O)N[C@@H](CC(C)C)C(=O)NCC(C)C)c1. The van der Waals surface area contributed by atoms with Gasteiger partial charge in [-0.2, -0.15) is 0 Å².